The summed E-state index contributed by atoms with van der Waals surface area (Å²) in [5, 5.41) is 0. The summed E-state index contributed by atoms with van der Waals surface area (Å²) in [6, 6.07) is 10.5. The Labute approximate surface area is 123 Å². The van der Waals surface area contributed by atoms with Gasteiger partial charge in [-0.3, -0.25) is 0 Å². The molecule has 0 saturated carbocycles. The van der Waals surface area contributed by atoms with Crippen LogP contribution in [-0.2, 0) is 23.1 Å². The Bertz CT molecular complexity index is 728. The van der Waals surface area contributed by atoms with E-state index in [0.29, 0.717) is 12.1 Å². The van der Waals surface area contributed by atoms with Gasteiger partial charge >= 0.3 is 0 Å². The highest BCUT2D eigenvalue weighted by Gasteiger charge is 2.14. The van der Waals surface area contributed by atoms with Crippen molar-refractivity contribution in [2.24, 2.45) is 5.73 Å². The van der Waals surface area contributed by atoms with Crippen molar-refractivity contribution in [3.63, 3.8) is 0 Å². The summed E-state index contributed by atoms with van der Waals surface area (Å²) in [7, 11) is -3.60. The largest absolute Gasteiger partial charge is 0.326 e. The van der Waals surface area contributed by atoms with E-state index in [9.17, 15) is 12.8 Å². The van der Waals surface area contributed by atoms with Gasteiger partial charge in [0.05, 0.1) is 4.90 Å². The predicted octanol–water partition coefficient (Wildman–Crippen LogP) is 2.07. The van der Waals surface area contributed by atoms with Gasteiger partial charge in [-0.05, 0) is 47.9 Å². The van der Waals surface area contributed by atoms with Gasteiger partial charge in [0.15, 0.2) is 0 Å². The van der Waals surface area contributed by atoms with E-state index in [1.165, 1.54) is 18.2 Å². The Morgan fingerprint density at radius 2 is 1.81 bits per heavy atom. The van der Waals surface area contributed by atoms with E-state index in [2.05, 4.69) is 4.72 Å². The number of nitrogens with one attached hydrogen (secondary N) is 1. The van der Waals surface area contributed by atoms with Crippen molar-refractivity contribution in [2.45, 2.75) is 24.9 Å². The molecular weight excluding hydrogens is 291 g/mol. The number of aryl methyl sites for hydroxylation is 1. The van der Waals surface area contributed by atoms with Crippen molar-refractivity contribution in [3.8, 4) is 0 Å². The van der Waals surface area contributed by atoms with Gasteiger partial charge in [0.1, 0.15) is 5.82 Å². The zero-order valence-corrected chi connectivity index (χ0v) is 12.5. The predicted molar refractivity (Wildman–Crippen MR) is 79.5 cm³/mol. The van der Waals surface area contributed by atoms with Gasteiger partial charge < -0.3 is 5.73 Å². The quantitative estimate of drug-likeness (QED) is 0.888. The van der Waals surface area contributed by atoms with E-state index in [-0.39, 0.29) is 17.3 Å². The normalized spacial score (nSPS) is 11.6. The van der Waals surface area contributed by atoms with Crippen LogP contribution >= 0.6 is 0 Å². The van der Waals surface area contributed by atoms with Crippen molar-refractivity contribution >= 4 is 10.0 Å². The molecule has 2 aromatic rings. The number of benzene rings is 2. The number of sulfonamides is 1. The molecule has 0 aliphatic heterocycles. The third-order valence-electron chi connectivity index (χ3n) is 3.22. The zero-order chi connectivity index (χ0) is 15.5. The van der Waals surface area contributed by atoms with E-state index < -0.39 is 10.0 Å². The SMILES string of the molecule is Cc1cc(S(=O)(=O)NCc2ccc(F)cc2)ccc1CN. The molecule has 0 fully saturated rings. The molecule has 0 amide bonds. The van der Waals surface area contributed by atoms with Crippen LogP contribution in [0.5, 0.6) is 0 Å². The first kappa shape index (κ1) is 15.6. The Hall–Kier alpha value is -1.76. The molecule has 112 valence electrons. The Balaban J connectivity index is 2.14. The summed E-state index contributed by atoms with van der Waals surface area (Å²) in [6.07, 6.45) is 0. The third kappa shape index (κ3) is 3.87. The summed E-state index contributed by atoms with van der Waals surface area (Å²) in [5.41, 5.74) is 8.00. The minimum atomic E-state index is -3.60. The second-order valence-electron chi connectivity index (χ2n) is 4.74. The van der Waals surface area contributed by atoms with Gasteiger partial charge in [0, 0.05) is 13.1 Å². The van der Waals surface area contributed by atoms with Gasteiger partial charge in [-0.25, -0.2) is 17.5 Å². The monoisotopic (exact) mass is 308 g/mol. The van der Waals surface area contributed by atoms with Crippen LogP contribution in [0.1, 0.15) is 16.7 Å². The Morgan fingerprint density at radius 1 is 1.14 bits per heavy atom. The highest BCUT2D eigenvalue weighted by molar-refractivity contribution is 7.89. The number of nitrogens with two attached hydrogens (primary N) is 1. The van der Waals surface area contributed by atoms with Crippen LogP contribution in [0.15, 0.2) is 47.4 Å². The minimum Gasteiger partial charge on any atom is -0.326 e. The van der Waals surface area contributed by atoms with E-state index in [1.54, 1.807) is 24.3 Å². The lowest BCUT2D eigenvalue weighted by Gasteiger charge is -2.09. The molecule has 2 aromatic carbocycles. The van der Waals surface area contributed by atoms with Gasteiger partial charge in [-0.2, -0.15) is 0 Å². The molecule has 0 radical (unpaired) electrons. The highest BCUT2D eigenvalue weighted by atomic mass is 32.2. The fourth-order valence-electron chi connectivity index (χ4n) is 1.93. The van der Waals surface area contributed by atoms with Gasteiger partial charge in [-0.1, -0.05) is 18.2 Å². The van der Waals surface area contributed by atoms with Gasteiger partial charge in [0.2, 0.25) is 10.0 Å². The lowest BCUT2D eigenvalue weighted by Crippen LogP contribution is -2.23. The van der Waals surface area contributed by atoms with Crippen LogP contribution < -0.4 is 10.5 Å². The van der Waals surface area contributed by atoms with Crippen LogP contribution in [-0.4, -0.2) is 8.42 Å². The van der Waals surface area contributed by atoms with Crippen LogP contribution in [0, 0.1) is 12.7 Å². The molecule has 0 saturated heterocycles. The van der Waals surface area contributed by atoms with Crippen LogP contribution in [0.4, 0.5) is 4.39 Å². The number of hydrogen-bond donors (Lipinski definition) is 2. The van der Waals surface area contributed by atoms with Crippen molar-refractivity contribution in [1.82, 2.24) is 4.72 Å². The molecule has 0 heterocycles. The molecule has 0 aromatic heterocycles. The van der Waals surface area contributed by atoms with Crippen molar-refractivity contribution in [2.75, 3.05) is 0 Å². The van der Waals surface area contributed by atoms with Gasteiger partial charge in [-0.15, -0.1) is 0 Å². The van der Waals surface area contributed by atoms with E-state index >= 15 is 0 Å². The van der Waals surface area contributed by atoms with Gasteiger partial charge in [0.25, 0.3) is 0 Å². The smallest absolute Gasteiger partial charge is 0.240 e. The zero-order valence-electron chi connectivity index (χ0n) is 11.6. The molecule has 4 nitrogen and oxygen atoms in total. The number of hydrogen-bond acceptors (Lipinski definition) is 3. The van der Waals surface area contributed by atoms with E-state index in [0.717, 1.165) is 11.1 Å². The lowest BCUT2D eigenvalue weighted by molar-refractivity contribution is 0.581. The molecule has 2 rings (SSSR count). The van der Waals surface area contributed by atoms with Crippen molar-refractivity contribution in [3.05, 3.63) is 65.0 Å². The van der Waals surface area contributed by atoms with Crippen LogP contribution in [0.3, 0.4) is 0 Å². The Kier molecular flexibility index (Phi) is 4.72. The standard InChI is InChI=1S/C15H17FN2O2S/c1-11-8-15(7-4-13(11)9-17)21(19,20)18-10-12-2-5-14(16)6-3-12/h2-8,18H,9-10,17H2,1H3. The molecule has 21 heavy (non-hydrogen) atoms. The topological polar surface area (TPSA) is 72.2 Å². The molecule has 0 aliphatic rings. The van der Waals surface area contributed by atoms with Crippen LogP contribution in [0.2, 0.25) is 0 Å². The molecule has 0 spiro atoms. The summed E-state index contributed by atoms with van der Waals surface area (Å²) >= 11 is 0. The fourth-order valence-corrected chi connectivity index (χ4v) is 3.03. The number of halogens is 1. The maximum absolute atomic E-state index is 12.8. The third-order valence-corrected chi connectivity index (χ3v) is 4.62. The van der Waals surface area contributed by atoms with Crippen molar-refractivity contribution < 1.29 is 12.8 Å². The highest BCUT2D eigenvalue weighted by Crippen LogP contribution is 2.15. The lowest BCUT2D eigenvalue weighted by atomic mass is 10.1. The summed E-state index contributed by atoms with van der Waals surface area (Å²) in [6.45, 7) is 2.30. The molecule has 0 bridgehead atoms. The molecule has 0 atom stereocenters. The number of rotatable bonds is 5. The summed E-state index contributed by atoms with van der Waals surface area (Å²) in [4.78, 5) is 0.194. The van der Waals surface area contributed by atoms with Crippen LogP contribution in [0.25, 0.3) is 0 Å². The second-order valence-corrected chi connectivity index (χ2v) is 6.51. The molecule has 0 aliphatic carbocycles. The summed E-state index contributed by atoms with van der Waals surface area (Å²) < 4.78 is 39.7. The first-order valence-corrected chi connectivity index (χ1v) is 7.94. The first-order chi connectivity index (χ1) is 9.92. The fraction of sp³-hybridized carbons (Fsp3) is 0.200. The molecule has 6 heteroatoms. The summed E-state index contributed by atoms with van der Waals surface area (Å²) in [5.74, 6) is -0.352. The first-order valence-electron chi connectivity index (χ1n) is 6.46. The minimum absolute atomic E-state index is 0.111. The Morgan fingerprint density at radius 3 is 2.38 bits per heavy atom. The second kappa shape index (κ2) is 6.34. The molecule has 0 unspecified atom stereocenters. The average molecular weight is 308 g/mol. The maximum Gasteiger partial charge on any atom is 0.240 e. The molecular formula is C15H17FN2O2S. The maximum atomic E-state index is 12.8. The van der Waals surface area contributed by atoms with E-state index in [4.69, 9.17) is 5.73 Å². The van der Waals surface area contributed by atoms with E-state index in [1.807, 2.05) is 6.92 Å². The molecule has 3 N–H and O–H groups in total. The van der Waals surface area contributed by atoms with Crippen molar-refractivity contribution in [1.29, 1.82) is 0 Å². The average Bonchev–Trinajstić information content (AvgIpc) is 2.46.